The molecule has 0 aliphatic carbocycles. The molecule has 212 valence electrons. The molecule has 8 nitrogen and oxygen atoms in total. The largest absolute Gasteiger partial charge is 0.481 e. The summed E-state index contributed by atoms with van der Waals surface area (Å²) in [5.41, 5.74) is 5.70. The number of thioether (sulfide) groups is 1. The van der Waals surface area contributed by atoms with E-state index in [1.54, 1.807) is 11.8 Å². The van der Waals surface area contributed by atoms with Crippen molar-refractivity contribution >= 4 is 23.6 Å². The third-order valence-electron chi connectivity index (χ3n) is 6.65. The Labute approximate surface area is 238 Å². The van der Waals surface area contributed by atoms with Gasteiger partial charge < -0.3 is 30.1 Å². The van der Waals surface area contributed by atoms with Crippen molar-refractivity contribution in [1.82, 2.24) is 5.32 Å². The number of carboxylic acids is 1. The van der Waals surface area contributed by atoms with Gasteiger partial charge in [0.2, 0.25) is 5.91 Å². The molecule has 4 N–H and O–H groups in total. The molecule has 3 atom stereocenters. The SMILES string of the molecule is O=C(O)CCC(=O)NCc1cccc(-c2ccc([C@@H]3O[C@H](CSCCO)C[C@H](c4ccc(CO)cc4)O3)cc2)c1. The molecule has 9 heteroatoms. The molecule has 1 heterocycles. The summed E-state index contributed by atoms with van der Waals surface area (Å²) in [6, 6.07) is 23.7. The van der Waals surface area contributed by atoms with Crippen molar-refractivity contribution in [3.8, 4) is 11.1 Å². The van der Waals surface area contributed by atoms with Crippen molar-refractivity contribution in [2.24, 2.45) is 0 Å². The van der Waals surface area contributed by atoms with Gasteiger partial charge in [-0.1, -0.05) is 66.7 Å². The zero-order valence-electron chi connectivity index (χ0n) is 22.2. The van der Waals surface area contributed by atoms with Crippen molar-refractivity contribution in [2.45, 2.75) is 50.9 Å². The Balaban J connectivity index is 1.44. The third kappa shape index (κ3) is 8.64. The predicted molar refractivity (Wildman–Crippen MR) is 153 cm³/mol. The molecule has 0 aromatic heterocycles. The predicted octanol–water partition coefficient (Wildman–Crippen LogP) is 4.60. The van der Waals surface area contributed by atoms with Crippen LogP contribution in [0.2, 0.25) is 0 Å². The van der Waals surface area contributed by atoms with E-state index in [0.717, 1.165) is 39.1 Å². The highest BCUT2D eigenvalue weighted by molar-refractivity contribution is 7.99. The number of aliphatic hydroxyl groups is 2. The van der Waals surface area contributed by atoms with Crippen LogP contribution in [0.1, 0.15) is 53.9 Å². The molecule has 1 saturated heterocycles. The van der Waals surface area contributed by atoms with Crippen LogP contribution in [0.3, 0.4) is 0 Å². The van der Waals surface area contributed by atoms with Crippen LogP contribution in [0.5, 0.6) is 0 Å². The fraction of sp³-hybridized carbons (Fsp3) is 0.355. The lowest BCUT2D eigenvalue weighted by Gasteiger charge is -2.36. The summed E-state index contributed by atoms with van der Waals surface area (Å²) in [6.07, 6.45) is -0.278. The van der Waals surface area contributed by atoms with Gasteiger partial charge in [-0.3, -0.25) is 9.59 Å². The Hall–Kier alpha value is -3.21. The first-order valence-electron chi connectivity index (χ1n) is 13.3. The maximum Gasteiger partial charge on any atom is 0.303 e. The van der Waals surface area contributed by atoms with E-state index in [1.165, 1.54) is 0 Å². The van der Waals surface area contributed by atoms with E-state index in [-0.39, 0.29) is 44.2 Å². The summed E-state index contributed by atoms with van der Waals surface area (Å²) in [4.78, 5) is 22.5. The number of nitrogens with one attached hydrogen (secondary N) is 1. The van der Waals surface area contributed by atoms with Crippen LogP contribution in [0.25, 0.3) is 11.1 Å². The van der Waals surface area contributed by atoms with E-state index in [9.17, 15) is 19.8 Å². The van der Waals surface area contributed by atoms with E-state index < -0.39 is 12.3 Å². The summed E-state index contributed by atoms with van der Waals surface area (Å²) >= 11 is 1.65. The lowest BCUT2D eigenvalue weighted by atomic mass is 9.99. The molecule has 1 aliphatic heterocycles. The highest BCUT2D eigenvalue weighted by Gasteiger charge is 2.32. The normalized spacial score (nSPS) is 18.8. The molecule has 1 amide bonds. The van der Waals surface area contributed by atoms with Crippen LogP contribution in [0, 0.1) is 0 Å². The Bertz CT molecular complexity index is 1250. The standard InChI is InChI=1S/C31H35NO7S/c33-14-15-40-20-27-17-28(24-6-4-21(19-34)5-7-24)39-31(38-27)25-10-8-23(9-11-25)26-3-1-2-22(16-26)18-32-29(35)12-13-30(36)37/h1-11,16,27-28,31,33-34H,12-15,17-20H2,(H,32,35)(H,36,37)/t27-,28+,31+/m0/s1. The number of carboxylic acid groups (broad SMARTS) is 1. The van der Waals surface area contributed by atoms with Gasteiger partial charge in [0.05, 0.1) is 31.8 Å². The van der Waals surface area contributed by atoms with Gasteiger partial charge in [0.15, 0.2) is 6.29 Å². The van der Waals surface area contributed by atoms with Crippen molar-refractivity contribution in [2.75, 3.05) is 18.1 Å². The Morgan fingerprint density at radius 3 is 2.33 bits per heavy atom. The molecule has 0 saturated carbocycles. The zero-order valence-corrected chi connectivity index (χ0v) is 23.0. The van der Waals surface area contributed by atoms with Gasteiger partial charge in [0.1, 0.15) is 0 Å². The minimum Gasteiger partial charge on any atom is -0.481 e. The fourth-order valence-corrected chi connectivity index (χ4v) is 5.28. The van der Waals surface area contributed by atoms with Gasteiger partial charge in [-0.25, -0.2) is 0 Å². The van der Waals surface area contributed by atoms with E-state index in [0.29, 0.717) is 18.7 Å². The molecule has 0 unspecified atom stereocenters. The topological polar surface area (TPSA) is 125 Å². The first-order chi connectivity index (χ1) is 19.4. The molecule has 1 aliphatic rings. The van der Waals surface area contributed by atoms with Gasteiger partial charge in [0.25, 0.3) is 0 Å². The van der Waals surface area contributed by atoms with E-state index >= 15 is 0 Å². The Morgan fingerprint density at radius 2 is 1.62 bits per heavy atom. The molecule has 3 aromatic carbocycles. The van der Waals surface area contributed by atoms with Crippen LogP contribution in [0.15, 0.2) is 72.8 Å². The Kier molecular flexibility index (Phi) is 11.1. The monoisotopic (exact) mass is 565 g/mol. The lowest BCUT2D eigenvalue weighted by molar-refractivity contribution is -0.245. The Morgan fingerprint density at radius 1 is 0.875 bits per heavy atom. The number of ether oxygens (including phenoxy) is 2. The average molecular weight is 566 g/mol. The summed E-state index contributed by atoms with van der Waals surface area (Å²) < 4.78 is 12.7. The second kappa shape index (κ2) is 15.0. The molecule has 0 radical (unpaired) electrons. The number of carbonyl (C=O) groups excluding carboxylic acids is 1. The van der Waals surface area contributed by atoms with E-state index in [1.807, 2.05) is 72.8 Å². The number of benzene rings is 3. The number of rotatable bonds is 13. The highest BCUT2D eigenvalue weighted by atomic mass is 32.2. The number of hydrogen-bond acceptors (Lipinski definition) is 7. The lowest BCUT2D eigenvalue weighted by Crippen LogP contribution is -2.31. The molecule has 40 heavy (non-hydrogen) atoms. The van der Waals surface area contributed by atoms with E-state index in [4.69, 9.17) is 14.6 Å². The van der Waals surface area contributed by atoms with Crippen LogP contribution in [-0.4, -0.2) is 51.4 Å². The first kappa shape index (κ1) is 29.8. The highest BCUT2D eigenvalue weighted by Crippen LogP contribution is 2.39. The number of aliphatic hydroxyl groups excluding tert-OH is 2. The summed E-state index contributed by atoms with van der Waals surface area (Å²) in [7, 11) is 0. The van der Waals surface area contributed by atoms with Crippen LogP contribution in [-0.2, 0) is 32.2 Å². The third-order valence-corrected chi connectivity index (χ3v) is 7.73. The van der Waals surface area contributed by atoms with Crippen LogP contribution in [0.4, 0.5) is 0 Å². The molecule has 1 fully saturated rings. The summed E-state index contributed by atoms with van der Waals surface area (Å²) in [6.45, 7) is 0.447. The number of aliphatic carboxylic acids is 1. The second-order valence-corrected chi connectivity index (χ2v) is 10.8. The van der Waals surface area contributed by atoms with Crippen molar-refractivity contribution in [3.05, 3.63) is 95.1 Å². The van der Waals surface area contributed by atoms with Crippen molar-refractivity contribution in [1.29, 1.82) is 0 Å². The van der Waals surface area contributed by atoms with Gasteiger partial charge in [0, 0.05) is 36.5 Å². The number of amides is 1. The summed E-state index contributed by atoms with van der Waals surface area (Å²) in [5.74, 6) is 0.123. The van der Waals surface area contributed by atoms with E-state index in [2.05, 4.69) is 5.32 Å². The van der Waals surface area contributed by atoms with Gasteiger partial charge in [-0.2, -0.15) is 11.8 Å². The van der Waals surface area contributed by atoms with Crippen LogP contribution >= 0.6 is 11.8 Å². The second-order valence-electron chi connectivity index (χ2n) is 9.64. The molecule has 0 spiro atoms. The minimum absolute atomic E-state index is 0.00531. The van der Waals surface area contributed by atoms with Crippen LogP contribution < -0.4 is 5.32 Å². The maximum atomic E-state index is 11.9. The molecule has 3 aromatic rings. The van der Waals surface area contributed by atoms with Gasteiger partial charge in [-0.15, -0.1) is 0 Å². The molecular formula is C31H35NO7S. The number of carbonyl (C=O) groups is 2. The molecular weight excluding hydrogens is 530 g/mol. The fourth-order valence-electron chi connectivity index (χ4n) is 4.51. The van der Waals surface area contributed by atoms with Crippen molar-refractivity contribution < 1.29 is 34.4 Å². The molecule has 4 rings (SSSR count). The maximum absolute atomic E-state index is 11.9. The number of hydrogen-bond donors (Lipinski definition) is 4. The quantitative estimate of drug-likeness (QED) is 0.222. The first-order valence-corrected chi connectivity index (χ1v) is 14.5. The van der Waals surface area contributed by atoms with Crippen molar-refractivity contribution in [3.63, 3.8) is 0 Å². The van der Waals surface area contributed by atoms with Gasteiger partial charge in [-0.05, 0) is 33.9 Å². The molecule has 0 bridgehead atoms. The smallest absolute Gasteiger partial charge is 0.303 e. The zero-order chi connectivity index (χ0) is 28.3. The average Bonchev–Trinajstić information content (AvgIpc) is 2.99. The summed E-state index contributed by atoms with van der Waals surface area (Å²) in [5, 5.41) is 30.1. The van der Waals surface area contributed by atoms with Gasteiger partial charge >= 0.3 is 5.97 Å². The minimum atomic E-state index is -0.993.